The zero-order valence-electron chi connectivity index (χ0n) is 22.3. The Kier molecular flexibility index (Phi) is 6.73. The van der Waals surface area contributed by atoms with E-state index in [4.69, 9.17) is 11.5 Å². The smallest absolute Gasteiger partial charge is 0.286 e. The first-order chi connectivity index (χ1) is 19.2. The van der Waals surface area contributed by atoms with Crippen LogP contribution in [0.1, 0.15) is 79.3 Å². The number of aromatic nitrogens is 4. The highest BCUT2D eigenvalue weighted by molar-refractivity contribution is 7.13. The van der Waals surface area contributed by atoms with Crippen LogP contribution in [0.15, 0.2) is 36.4 Å². The van der Waals surface area contributed by atoms with E-state index < -0.39 is 11.1 Å². The first-order valence-corrected chi connectivity index (χ1v) is 14.9. The summed E-state index contributed by atoms with van der Waals surface area (Å²) in [5, 5.41) is 24.5. The maximum Gasteiger partial charge on any atom is 0.286 e. The molecule has 0 bridgehead atoms. The normalized spacial score (nSPS) is 17.0. The van der Waals surface area contributed by atoms with Crippen molar-refractivity contribution in [2.75, 3.05) is 10.6 Å². The Morgan fingerprint density at radius 1 is 0.700 bits per heavy atom. The van der Waals surface area contributed by atoms with E-state index in [-0.39, 0.29) is 21.8 Å². The molecule has 206 valence electrons. The van der Waals surface area contributed by atoms with E-state index in [1.54, 1.807) is 0 Å². The number of nitrogens with two attached hydrogens (primary N) is 2. The van der Waals surface area contributed by atoms with Crippen LogP contribution in [0.2, 0.25) is 0 Å². The Morgan fingerprint density at radius 3 is 1.45 bits per heavy atom. The lowest BCUT2D eigenvalue weighted by atomic mass is 9.78. The molecule has 0 atom stereocenters. The van der Waals surface area contributed by atoms with Crippen molar-refractivity contribution in [2.24, 2.45) is 11.5 Å². The zero-order valence-corrected chi connectivity index (χ0v) is 23.9. The standard InChI is InChI=1S/C28H30N8O2S2/c1-15-17(7-3-9-19(15)31-21(37)23-33-35-25(39-23)27(29)11-5-12-27)18-8-4-10-20(16(18)2)32-22(38)24-34-36-26(40-24)28(30)13-6-14-28/h3-4,7-10H,5-6,11-14,29-30H2,1-2H3,(H,31,37)(H,32,38). The van der Waals surface area contributed by atoms with Gasteiger partial charge in [0.05, 0.1) is 11.1 Å². The minimum Gasteiger partial charge on any atom is -0.320 e. The summed E-state index contributed by atoms with van der Waals surface area (Å²) >= 11 is 2.50. The molecule has 2 aromatic carbocycles. The molecule has 12 heteroatoms. The summed E-state index contributed by atoms with van der Waals surface area (Å²) in [5.41, 5.74) is 16.8. The van der Waals surface area contributed by atoms with E-state index in [1.165, 1.54) is 22.7 Å². The van der Waals surface area contributed by atoms with Crippen molar-refractivity contribution < 1.29 is 9.59 Å². The van der Waals surface area contributed by atoms with E-state index in [0.29, 0.717) is 21.4 Å². The lowest BCUT2D eigenvalue weighted by Crippen LogP contribution is -2.43. The van der Waals surface area contributed by atoms with Gasteiger partial charge in [-0.3, -0.25) is 9.59 Å². The lowest BCUT2D eigenvalue weighted by Gasteiger charge is -2.35. The molecule has 2 aromatic heterocycles. The number of rotatable bonds is 7. The van der Waals surface area contributed by atoms with Crippen molar-refractivity contribution in [2.45, 2.75) is 63.5 Å². The molecular formula is C28H30N8O2S2. The van der Waals surface area contributed by atoms with Gasteiger partial charge >= 0.3 is 0 Å². The molecule has 2 heterocycles. The number of hydrogen-bond donors (Lipinski definition) is 4. The van der Waals surface area contributed by atoms with Gasteiger partial charge in [0.1, 0.15) is 10.0 Å². The second kappa shape index (κ2) is 10.1. The minimum absolute atomic E-state index is 0.287. The van der Waals surface area contributed by atoms with Crippen molar-refractivity contribution in [3.8, 4) is 11.1 Å². The number of benzene rings is 2. The molecule has 0 unspecified atom stereocenters. The van der Waals surface area contributed by atoms with Gasteiger partial charge in [0.25, 0.3) is 11.8 Å². The van der Waals surface area contributed by atoms with E-state index >= 15 is 0 Å². The second-order valence-electron chi connectivity index (χ2n) is 10.7. The fraction of sp³-hybridized carbons (Fsp3) is 0.357. The van der Waals surface area contributed by atoms with Gasteiger partial charge < -0.3 is 22.1 Å². The van der Waals surface area contributed by atoms with Crippen molar-refractivity contribution in [1.82, 2.24) is 20.4 Å². The number of nitrogens with zero attached hydrogens (tertiary/aromatic N) is 4. The molecular weight excluding hydrogens is 544 g/mol. The zero-order chi connectivity index (χ0) is 28.1. The van der Waals surface area contributed by atoms with Crippen LogP contribution >= 0.6 is 22.7 Å². The molecule has 40 heavy (non-hydrogen) atoms. The summed E-state index contributed by atoms with van der Waals surface area (Å²) in [6.45, 7) is 3.91. The highest BCUT2D eigenvalue weighted by Gasteiger charge is 2.39. The maximum absolute atomic E-state index is 13.0. The van der Waals surface area contributed by atoms with Crippen LogP contribution in [0.4, 0.5) is 11.4 Å². The molecule has 4 aromatic rings. The molecule has 2 fully saturated rings. The van der Waals surface area contributed by atoms with Crippen LogP contribution in [0.25, 0.3) is 11.1 Å². The third-order valence-electron chi connectivity index (χ3n) is 8.04. The van der Waals surface area contributed by atoms with E-state index in [9.17, 15) is 9.59 Å². The summed E-state index contributed by atoms with van der Waals surface area (Å²) in [4.78, 5) is 26.0. The van der Waals surface area contributed by atoms with Gasteiger partial charge in [-0.25, -0.2) is 0 Å². The Labute approximate surface area is 239 Å². The number of nitrogens with one attached hydrogen (secondary N) is 2. The predicted molar refractivity (Wildman–Crippen MR) is 157 cm³/mol. The van der Waals surface area contributed by atoms with Crippen LogP contribution in [-0.2, 0) is 11.1 Å². The topological polar surface area (TPSA) is 162 Å². The van der Waals surface area contributed by atoms with Gasteiger partial charge in [0.15, 0.2) is 0 Å². The maximum atomic E-state index is 13.0. The molecule has 0 spiro atoms. The summed E-state index contributed by atoms with van der Waals surface area (Å²) < 4.78 is 0. The summed E-state index contributed by atoms with van der Waals surface area (Å²) in [7, 11) is 0. The molecule has 0 aliphatic heterocycles. The minimum atomic E-state index is -0.453. The van der Waals surface area contributed by atoms with Gasteiger partial charge in [0, 0.05) is 11.4 Å². The van der Waals surface area contributed by atoms with Crippen molar-refractivity contribution >= 4 is 45.9 Å². The van der Waals surface area contributed by atoms with E-state index in [0.717, 1.165) is 60.8 Å². The first kappa shape index (κ1) is 26.6. The third kappa shape index (κ3) is 4.70. The quantitative estimate of drug-likeness (QED) is 0.243. The van der Waals surface area contributed by atoms with Gasteiger partial charge in [-0.1, -0.05) is 46.9 Å². The average molecular weight is 575 g/mol. The summed E-state index contributed by atoms with van der Waals surface area (Å²) in [6.07, 6.45) is 5.56. The lowest BCUT2D eigenvalue weighted by molar-refractivity contribution is 0.101. The number of carbonyl (C=O) groups excluding carboxylic acids is 2. The fourth-order valence-corrected chi connectivity index (χ4v) is 6.85. The fourth-order valence-electron chi connectivity index (χ4n) is 5.05. The van der Waals surface area contributed by atoms with Crippen molar-refractivity contribution in [3.05, 3.63) is 67.6 Å². The van der Waals surface area contributed by atoms with Crippen LogP contribution in [0, 0.1) is 13.8 Å². The second-order valence-corrected chi connectivity index (χ2v) is 12.7. The van der Waals surface area contributed by atoms with Crippen LogP contribution < -0.4 is 22.1 Å². The number of hydrogen-bond acceptors (Lipinski definition) is 10. The Balaban J connectivity index is 1.21. The van der Waals surface area contributed by atoms with Crippen LogP contribution in [-0.4, -0.2) is 32.2 Å². The molecule has 2 aliphatic carbocycles. The molecule has 2 saturated carbocycles. The molecule has 6 N–H and O–H groups in total. The number of amides is 2. The van der Waals surface area contributed by atoms with Gasteiger partial charge in [-0.15, -0.1) is 20.4 Å². The monoisotopic (exact) mass is 574 g/mol. The first-order valence-electron chi connectivity index (χ1n) is 13.2. The predicted octanol–water partition coefficient (Wildman–Crippen LogP) is 4.85. The highest BCUT2D eigenvalue weighted by atomic mass is 32.1. The summed E-state index contributed by atoms with van der Waals surface area (Å²) in [5.74, 6) is -0.635. The molecule has 10 nitrogen and oxygen atoms in total. The molecule has 6 rings (SSSR count). The SMILES string of the molecule is Cc1c(NC(=O)c2nnc(C3(N)CCC3)s2)cccc1-c1cccc(NC(=O)c2nnc(C3(N)CCC3)s2)c1C. The molecule has 0 saturated heterocycles. The van der Waals surface area contributed by atoms with Crippen molar-refractivity contribution in [3.63, 3.8) is 0 Å². The number of anilines is 2. The van der Waals surface area contributed by atoms with Gasteiger partial charge in [-0.2, -0.15) is 0 Å². The number of carbonyl (C=O) groups is 2. The van der Waals surface area contributed by atoms with Gasteiger partial charge in [0.2, 0.25) is 10.0 Å². The molecule has 2 aliphatic rings. The molecule has 0 radical (unpaired) electrons. The van der Waals surface area contributed by atoms with Crippen LogP contribution in [0.5, 0.6) is 0 Å². The Morgan fingerprint density at radius 2 is 1.10 bits per heavy atom. The third-order valence-corrected chi connectivity index (χ3v) is 10.3. The van der Waals surface area contributed by atoms with E-state index in [2.05, 4.69) is 31.0 Å². The van der Waals surface area contributed by atoms with E-state index in [1.807, 2.05) is 50.2 Å². The average Bonchev–Trinajstić information content (AvgIpc) is 3.60. The van der Waals surface area contributed by atoms with Crippen LogP contribution in [0.3, 0.4) is 0 Å². The van der Waals surface area contributed by atoms with Crippen molar-refractivity contribution in [1.29, 1.82) is 0 Å². The largest absolute Gasteiger partial charge is 0.320 e. The Bertz CT molecular complexity index is 1500. The Hall–Kier alpha value is -3.58. The van der Waals surface area contributed by atoms with Gasteiger partial charge in [-0.05, 0) is 86.8 Å². The highest BCUT2D eigenvalue weighted by Crippen LogP contribution is 2.41. The summed E-state index contributed by atoms with van der Waals surface area (Å²) in [6, 6.07) is 11.5. The molecule has 2 amide bonds.